The van der Waals surface area contributed by atoms with Crippen LogP contribution in [-0.2, 0) is 0 Å². The third-order valence-corrected chi connectivity index (χ3v) is 3.63. The molecule has 15 heavy (non-hydrogen) atoms. The maximum atomic E-state index is 12.8. The fourth-order valence-electron chi connectivity index (χ4n) is 2.83. The molecule has 3 heteroatoms. The Morgan fingerprint density at radius 2 is 1.73 bits per heavy atom. The van der Waals surface area contributed by atoms with Crippen molar-refractivity contribution in [1.29, 1.82) is 0 Å². The molecular formula is C12H23FN2. The lowest BCUT2D eigenvalue weighted by Crippen LogP contribution is -2.75. The molecule has 0 aliphatic carbocycles. The summed E-state index contributed by atoms with van der Waals surface area (Å²) >= 11 is 0. The molecule has 0 amide bonds. The van der Waals surface area contributed by atoms with E-state index in [1.54, 1.807) is 6.92 Å². The molecule has 0 N–H and O–H groups in total. The van der Waals surface area contributed by atoms with E-state index in [1.807, 2.05) is 0 Å². The topological polar surface area (TPSA) is 6.48 Å². The van der Waals surface area contributed by atoms with Crippen LogP contribution >= 0.6 is 0 Å². The van der Waals surface area contributed by atoms with Gasteiger partial charge in [-0.05, 0) is 27.7 Å². The second-order valence-corrected chi connectivity index (χ2v) is 6.48. The average Bonchev–Trinajstić information content (AvgIpc) is 1.87. The van der Waals surface area contributed by atoms with Crippen molar-refractivity contribution in [3.63, 3.8) is 0 Å². The molecule has 0 saturated carbocycles. The first-order valence-corrected chi connectivity index (χ1v) is 5.92. The fraction of sp³-hybridized carbons (Fsp3) is 1.00. The standard InChI is InChI=1S/C12H23FN2/c1-10(13)5-14-6-12(7-14)8-15(9-12)11(2,3)4/h10H,5-9H2,1-4H3. The Morgan fingerprint density at radius 1 is 1.20 bits per heavy atom. The van der Waals surface area contributed by atoms with E-state index in [0.29, 0.717) is 17.5 Å². The van der Waals surface area contributed by atoms with Gasteiger partial charge < -0.3 is 0 Å². The lowest BCUT2D eigenvalue weighted by atomic mass is 9.71. The number of nitrogens with zero attached hydrogens (tertiary/aromatic N) is 2. The molecule has 0 aromatic heterocycles. The monoisotopic (exact) mass is 214 g/mol. The van der Waals surface area contributed by atoms with Gasteiger partial charge in [0.15, 0.2) is 0 Å². The minimum absolute atomic E-state index is 0.305. The Morgan fingerprint density at radius 3 is 2.13 bits per heavy atom. The van der Waals surface area contributed by atoms with Crippen molar-refractivity contribution in [3.8, 4) is 0 Å². The van der Waals surface area contributed by atoms with Crippen LogP contribution in [0.4, 0.5) is 4.39 Å². The third kappa shape index (κ3) is 2.18. The predicted octanol–water partition coefficient (Wildman–Crippen LogP) is 1.76. The van der Waals surface area contributed by atoms with Gasteiger partial charge in [-0.2, -0.15) is 0 Å². The Bertz CT molecular complexity index is 230. The average molecular weight is 214 g/mol. The van der Waals surface area contributed by atoms with Gasteiger partial charge in [0.05, 0.1) is 0 Å². The van der Waals surface area contributed by atoms with Crippen LogP contribution < -0.4 is 0 Å². The van der Waals surface area contributed by atoms with Crippen molar-refractivity contribution in [3.05, 3.63) is 0 Å². The maximum absolute atomic E-state index is 12.8. The third-order valence-electron chi connectivity index (χ3n) is 3.63. The SMILES string of the molecule is CC(F)CN1CC2(C1)CN(C(C)(C)C)C2. The van der Waals surface area contributed by atoms with Gasteiger partial charge in [0, 0.05) is 43.7 Å². The summed E-state index contributed by atoms with van der Waals surface area (Å²) in [6.45, 7) is 13.7. The van der Waals surface area contributed by atoms with Crippen molar-refractivity contribution >= 4 is 0 Å². The van der Waals surface area contributed by atoms with E-state index in [0.717, 1.165) is 13.1 Å². The summed E-state index contributed by atoms with van der Waals surface area (Å²) in [6, 6.07) is 0. The van der Waals surface area contributed by atoms with Gasteiger partial charge in [-0.25, -0.2) is 4.39 Å². The number of likely N-dealkylation sites (tertiary alicyclic amines) is 2. The largest absolute Gasteiger partial charge is 0.299 e. The van der Waals surface area contributed by atoms with Gasteiger partial charge in [-0.1, -0.05) is 0 Å². The Kier molecular flexibility index (Phi) is 2.59. The maximum Gasteiger partial charge on any atom is 0.110 e. The molecule has 1 unspecified atom stereocenters. The molecule has 0 aromatic rings. The highest BCUT2D eigenvalue weighted by atomic mass is 19.1. The minimum atomic E-state index is -0.679. The fourth-order valence-corrected chi connectivity index (χ4v) is 2.83. The van der Waals surface area contributed by atoms with Crippen molar-refractivity contribution in [1.82, 2.24) is 9.80 Å². The number of halogens is 1. The van der Waals surface area contributed by atoms with E-state index in [9.17, 15) is 4.39 Å². The van der Waals surface area contributed by atoms with Gasteiger partial charge in [0.25, 0.3) is 0 Å². The summed E-state index contributed by atoms with van der Waals surface area (Å²) in [5.74, 6) is 0. The second-order valence-electron chi connectivity index (χ2n) is 6.48. The molecule has 2 rings (SSSR count). The molecule has 2 aliphatic heterocycles. The van der Waals surface area contributed by atoms with Crippen LogP contribution in [0.15, 0.2) is 0 Å². The first kappa shape index (κ1) is 11.3. The molecule has 2 aliphatic rings. The Balaban J connectivity index is 1.73. The van der Waals surface area contributed by atoms with Crippen LogP contribution in [0.2, 0.25) is 0 Å². The molecule has 2 nitrogen and oxygen atoms in total. The van der Waals surface area contributed by atoms with Crippen molar-refractivity contribution in [2.75, 3.05) is 32.7 Å². The van der Waals surface area contributed by atoms with Gasteiger partial charge in [0.2, 0.25) is 0 Å². The summed E-state index contributed by atoms with van der Waals surface area (Å²) in [5.41, 5.74) is 0.821. The second kappa shape index (κ2) is 3.42. The number of alkyl halides is 1. The number of hydrogen-bond donors (Lipinski definition) is 0. The zero-order chi connectivity index (χ0) is 11.3. The van der Waals surface area contributed by atoms with Crippen molar-refractivity contribution in [2.45, 2.75) is 39.4 Å². The smallest absolute Gasteiger partial charge is 0.110 e. The van der Waals surface area contributed by atoms with E-state index in [2.05, 4.69) is 30.6 Å². The summed E-state index contributed by atoms with van der Waals surface area (Å²) < 4.78 is 12.8. The predicted molar refractivity (Wildman–Crippen MR) is 60.8 cm³/mol. The lowest BCUT2D eigenvalue weighted by molar-refractivity contribution is -0.147. The Labute approximate surface area is 92.4 Å². The molecule has 88 valence electrons. The first-order chi connectivity index (χ1) is 6.81. The highest BCUT2D eigenvalue weighted by Crippen LogP contribution is 2.42. The van der Waals surface area contributed by atoms with Gasteiger partial charge in [0.1, 0.15) is 6.17 Å². The normalized spacial score (nSPS) is 28.6. The summed E-state index contributed by atoms with van der Waals surface area (Å²) in [7, 11) is 0. The molecule has 2 fully saturated rings. The highest BCUT2D eigenvalue weighted by Gasteiger charge is 2.53. The van der Waals surface area contributed by atoms with Crippen molar-refractivity contribution < 1.29 is 4.39 Å². The summed E-state index contributed by atoms with van der Waals surface area (Å²) in [6.07, 6.45) is -0.679. The molecular weight excluding hydrogens is 191 g/mol. The van der Waals surface area contributed by atoms with E-state index >= 15 is 0 Å². The van der Waals surface area contributed by atoms with Crippen LogP contribution in [0.25, 0.3) is 0 Å². The number of rotatable bonds is 2. The molecule has 0 radical (unpaired) electrons. The van der Waals surface area contributed by atoms with Crippen LogP contribution in [0.3, 0.4) is 0 Å². The van der Waals surface area contributed by atoms with Gasteiger partial charge in [-0.3, -0.25) is 9.80 Å². The zero-order valence-electron chi connectivity index (χ0n) is 10.4. The van der Waals surface area contributed by atoms with E-state index in [-0.39, 0.29) is 0 Å². The molecule has 1 atom stereocenters. The van der Waals surface area contributed by atoms with Crippen LogP contribution in [0, 0.1) is 5.41 Å². The summed E-state index contributed by atoms with van der Waals surface area (Å²) in [5, 5.41) is 0. The Hall–Kier alpha value is -0.150. The molecule has 1 spiro atoms. The minimum Gasteiger partial charge on any atom is -0.299 e. The zero-order valence-corrected chi connectivity index (χ0v) is 10.4. The quantitative estimate of drug-likeness (QED) is 0.691. The molecule has 0 aromatic carbocycles. The molecule has 2 saturated heterocycles. The first-order valence-electron chi connectivity index (χ1n) is 5.92. The number of hydrogen-bond acceptors (Lipinski definition) is 2. The van der Waals surface area contributed by atoms with Crippen LogP contribution in [0.1, 0.15) is 27.7 Å². The van der Waals surface area contributed by atoms with E-state index in [1.165, 1.54) is 13.1 Å². The van der Waals surface area contributed by atoms with Crippen LogP contribution in [-0.4, -0.2) is 54.2 Å². The lowest BCUT2D eigenvalue weighted by Gasteiger charge is -2.63. The summed E-state index contributed by atoms with van der Waals surface area (Å²) in [4.78, 5) is 4.76. The van der Waals surface area contributed by atoms with Crippen molar-refractivity contribution in [2.24, 2.45) is 5.41 Å². The molecule has 0 bridgehead atoms. The van der Waals surface area contributed by atoms with E-state index < -0.39 is 6.17 Å². The molecule has 2 heterocycles. The van der Waals surface area contributed by atoms with E-state index in [4.69, 9.17) is 0 Å². The highest BCUT2D eigenvalue weighted by molar-refractivity contribution is 5.08. The van der Waals surface area contributed by atoms with Gasteiger partial charge >= 0.3 is 0 Å². The van der Waals surface area contributed by atoms with Gasteiger partial charge in [-0.15, -0.1) is 0 Å². The van der Waals surface area contributed by atoms with Crippen LogP contribution in [0.5, 0.6) is 0 Å².